The average Bonchev–Trinajstić information content (AvgIpc) is 3.12. The predicted octanol–water partition coefficient (Wildman–Crippen LogP) is 3.29. The van der Waals surface area contributed by atoms with E-state index in [1.54, 1.807) is 15.6 Å². The lowest BCUT2D eigenvalue weighted by molar-refractivity contribution is 0.0269. The molecule has 1 aliphatic carbocycles. The van der Waals surface area contributed by atoms with Gasteiger partial charge in [0, 0.05) is 44.0 Å². The van der Waals surface area contributed by atoms with E-state index in [0.29, 0.717) is 18.8 Å². The third-order valence-electron chi connectivity index (χ3n) is 6.12. The SMILES string of the molecule is CC(=O)c1cc(C(=O)NC2[C@H]3CN(C(=O)OC(C)(C)C)C[C@@H]23)n([C@@H](C)c2ccccc2)n1. The van der Waals surface area contributed by atoms with Crippen molar-refractivity contribution in [1.29, 1.82) is 0 Å². The van der Waals surface area contributed by atoms with Crippen molar-refractivity contribution in [2.45, 2.75) is 52.3 Å². The number of Topliss-reactive ketones (excluding diaryl/α,β-unsaturated/α-hetero) is 1. The number of ether oxygens (including phenoxy) is 1. The zero-order valence-corrected chi connectivity index (χ0v) is 19.2. The van der Waals surface area contributed by atoms with Crippen LogP contribution < -0.4 is 5.32 Å². The summed E-state index contributed by atoms with van der Waals surface area (Å²) in [6.45, 7) is 10.1. The molecule has 4 atom stereocenters. The van der Waals surface area contributed by atoms with Crippen molar-refractivity contribution in [2.75, 3.05) is 13.1 Å². The van der Waals surface area contributed by atoms with E-state index >= 15 is 0 Å². The number of piperidine rings is 1. The highest BCUT2D eigenvalue weighted by atomic mass is 16.6. The summed E-state index contributed by atoms with van der Waals surface area (Å²) < 4.78 is 7.06. The van der Waals surface area contributed by atoms with E-state index in [-0.39, 0.29) is 47.4 Å². The number of likely N-dealkylation sites (tertiary alicyclic amines) is 1. The van der Waals surface area contributed by atoms with Gasteiger partial charge >= 0.3 is 6.09 Å². The van der Waals surface area contributed by atoms with Crippen LogP contribution in [0.1, 0.15) is 67.2 Å². The summed E-state index contributed by atoms with van der Waals surface area (Å²) in [6.07, 6.45) is -0.310. The Hall–Kier alpha value is -3.16. The van der Waals surface area contributed by atoms with Crippen LogP contribution in [0.4, 0.5) is 4.79 Å². The fraction of sp³-hybridized carbons (Fsp3) is 0.500. The number of benzene rings is 1. The van der Waals surface area contributed by atoms with Crippen molar-refractivity contribution >= 4 is 17.8 Å². The highest BCUT2D eigenvalue weighted by Crippen LogP contribution is 2.46. The van der Waals surface area contributed by atoms with Crippen molar-refractivity contribution in [3.05, 3.63) is 53.3 Å². The molecule has 0 radical (unpaired) electrons. The molecule has 4 rings (SSSR count). The average molecular weight is 439 g/mol. The van der Waals surface area contributed by atoms with Gasteiger partial charge in [-0.1, -0.05) is 30.3 Å². The van der Waals surface area contributed by atoms with Crippen molar-refractivity contribution < 1.29 is 19.1 Å². The molecule has 8 heteroatoms. The molecular weight excluding hydrogens is 408 g/mol. The Labute approximate surface area is 187 Å². The minimum atomic E-state index is -0.528. The predicted molar refractivity (Wildman–Crippen MR) is 119 cm³/mol. The number of fused-ring (bicyclic) bond motifs is 1. The molecule has 0 bridgehead atoms. The van der Waals surface area contributed by atoms with Gasteiger partial charge in [0.05, 0.1) is 6.04 Å². The summed E-state index contributed by atoms with van der Waals surface area (Å²) in [4.78, 5) is 39.0. The van der Waals surface area contributed by atoms with E-state index < -0.39 is 5.60 Å². The topological polar surface area (TPSA) is 93.5 Å². The summed E-state index contributed by atoms with van der Waals surface area (Å²) in [5, 5.41) is 7.50. The molecule has 1 saturated carbocycles. The van der Waals surface area contributed by atoms with E-state index in [0.717, 1.165) is 5.56 Å². The Morgan fingerprint density at radius 1 is 1.12 bits per heavy atom. The number of nitrogens with zero attached hydrogens (tertiary/aromatic N) is 3. The van der Waals surface area contributed by atoms with E-state index in [1.807, 2.05) is 58.0 Å². The maximum absolute atomic E-state index is 13.1. The Morgan fingerprint density at radius 2 is 1.75 bits per heavy atom. The number of nitrogens with one attached hydrogen (secondary N) is 1. The zero-order chi connectivity index (χ0) is 23.2. The van der Waals surface area contributed by atoms with Crippen LogP contribution in [0.5, 0.6) is 0 Å². The standard InChI is InChI=1S/C24H30N4O4/c1-14(16-9-7-6-8-10-16)28-20(11-19(26-28)15(2)29)22(30)25-21-17-12-27(13-18(17)21)23(31)32-24(3,4)5/h6-11,14,17-18,21H,12-13H2,1-5H3,(H,25,30)/t14-,17-,18+,21?/m0/s1. The van der Waals surface area contributed by atoms with E-state index in [1.165, 1.54) is 6.92 Å². The van der Waals surface area contributed by atoms with Crippen LogP contribution in [0, 0.1) is 11.8 Å². The maximum Gasteiger partial charge on any atom is 0.410 e. The molecule has 1 aromatic heterocycles. The molecule has 170 valence electrons. The second-order valence-electron chi connectivity index (χ2n) is 9.71. The summed E-state index contributed by atoms with van der Waals surface area (Å²) in [5.41, 5.74) is 1.10. The number of ketones is 1. The normalized spacial score (nSPS) is 22.8. The first-order chi connectivity index (χ1) is 15.0. The lowest BCUT2D eigenvalue weighted by Gasteiger charge is -2.26. The number of amides is 2. The monoisotopic (exact) mass is 438 g/mol. The highest BCUT2D eigenvalue weighted by Gasteiger charge is 2.58. The van der Waals surface area contributed by atoms with Gasteiger partial charge in [0.25, 0.3) is 5.91 Å². The van der Waals surface area contributed by atoms with Crippen LogP contribution in [-0.2, 0) is 4.74 Å². The number of hydrogen-bond donors (Lipinski definition) is 1. The molecule has 32 heavy (non-hydrogen) atoms. The Kier molecular flexibility index (Phi) is 5.56. The minimum absolute atomic E-state index is 0.0114. The van der Waals surface area contributed by atoms with E-state index in [9.17, 15) is 14.4 Å². The fourth-order valence-electron chi connectivity index (χ4n) is 4.35. The zero-order valence-electron chi connectivity index (χ0n) is 19.2. The summed E-state index contributed by atoms with van der Waals surface area (Å²) in [5.74, 6) is 0.00804. The Balaban J connectivity index is 1.44. The summed E-state index contributed by atoms with van der Waals surface area (Å²) >= 11 is 0. The number of hydrogen-bond acceptors (Lipinski definition) is 5. The van der Waals surface area contributed by atoms with Gasteiger partial charge in [0.15, 0.2) is 5.78 Å². The van der Waals surface area contributed by atoms with E-state index in [2.05, 4.69) is 10.4 Å². The quantitative estimate of drug-likeness (QED) is 0.723. The molecule has 1 unspecified atom stereocenters. The van der Waals surface area contributed by atoms with Crippen LogP contribution in [0.2, 0.25) is 0 Å². The molecule has 0 spiro atoms. The molecule has 2 aromatic rings. The second kappa shape index (κ2) is 8.07. The lowest BCUT2D eigenvalue weighted by atomic mass is 10.1. The number of aromatic nitrogens is 2. The van der Waals surface area contributed by atoms with Crippen molar-refractivity contribution in [3.8, 4) is 0 Å². The third kappa shape index (κ3) is 4.40. The molecule has 8 nitrogen and oxygen atoms in total. The van der Waals surface area contributed by atoms with Crippen LogP contribution in [0.15, 0.2) is 36.4 Å². The summed E-state index contributed by atoms with van der Waals surface area (Å²) in [6, 6.07) is 11.1. The minimum Gasteiger partial charge on any atom is -0.444 e. The Bertz CT molecular complexity index is 1030. The molecule has 2 aliphatic rings. The van der Waals surface area contributed by atoms with Crippen LogP contribution >= 0.6 is 0 Å². The molecule has 2 heterocycles. The molecule has 2 fully saturated rings. The van der Waals surface area contributed by atoms with Gasteiger partial charge in [-0.25, -0.2) is 4.79 Å². The van der Waals surface area contributed by atoms with Crippen LogP contribution in [0.3, 0.4) is 0 Å². The van der Waals surface area contributed by atoms with Crippen LogP contribution in [-0.4, -0.2) is 57.2 Å². The molecule has 2 amide bonds. The molecular formula is C24H30N4O4. The van der Waals surface area contributed by atoms with Crippen molar-refractivity contribution in [3.63, 3.8) is 0 Å². The Morgan fingerprint density at radius 3 is 2.31 bits per heavy atom. The van der Waals surface area contributed by atoms with Gasteiger partial charge in [-0.2, -0.15) is 5.10 Å². The van der Waals surface area contributed by atoms with Crippen molar-refractivity contribution in [2.24, 2.45) is 11.8 Å². The third-order valence-corrected chi connectivity index (χ3v) is 6.12. The first-order valence-electron chi connectivity index (χ1n) is 11.0. The summed E-state index contributed by atoms with van der Waals surface area (Å²) in [7, 11) is 0. The van der Waals surface area contributed by atoms with Gasteiger partial charge in [0.1, 0.15) is 17.0 Å². The highest BCUT2D eigenvalue weighted by molar-refractivity contribution is 5.98. The number of rotatable bonds is 5. The van der Waals surface area contributed by atoms with Gasteiger partial charge in [-0.05, 0) is 33.3 Å². The molecule has 1 N–H and O–H groups in total. The first-order valence-corrected chi connectivity index (χ1v) is 11.0. The second-order valence-corrected chi connectivity index (χ2v) is 9.71. The smallest absolute Gasteiger partial charge is 0.410 e. The molecule has 1 saturated heterocycles. The van der Waals surface area contributed by atoms with Gasteiger partial charge in [-0.3, -0.25) is 14.3 Å². The number of carbonyl (C=O) groups excluding carboxylic acids is 3. The first kappa shape index (κ1) is 22.0. The molecule has 1 aliphatic heterocycles. The van der Waals surface area contributed by atoms with Gasteiger partial charge in [0.2, 0.25) is 0 Å². The molecule has 1 aromatic carbocycles. The fourth-order valence-corrected chi connectivity index (χ4v) is 4.35. The van der Waals surface area contributed by atoms with Crippen molar-refractivity contribution in [1.82, 2.24) is 20.0 Å². The lowest BCUT2D eigenvalue weighted by Crippen LogP contribution is -2.40. The maximum atomic E-state index is 13.1. The van der Waals surface area contributed by atoms with E-state index in [4.69, 9.17) is 4.74 Å². The van der Waals surface area contributed by atoms with Crippen LogP contribution in [0.25, 0.3) is 0 Å². The number of carbonyl (C=O) groups is 3. The largest absolute Gasteiger partial charge is 0.444 e. The van der Waals surface area contributed by atoms with Gasteiger partial charge < -0.3 is 15.0 Å². The van der Waals surface area contributed by atoms with Gasteiger partial charge in [-0.15, -0.1) is 0 Å².